The SMILES string of the molecule is NC(=O)CCOc1ccc(NC(=O)CCOc2cccc(Br)c2)cc1. The van der Waals surface area contributed by atoms with Crippen molar-refractivity contribution in [1.29, 1.82) is 0 Å². The van der Waals surface area contributed by atoms with Crippen LogP contribution in [0.3, 0.4) is 0 Å². The highest BCUT2D eigenvalue weighted by atomic mass is 79.9. The topological polar surface area (TPSA) is 90.7 Å². The van der Waals surface area contributed by atoms with E-state index in [2.05, 4.69) is 21.2 Å². The van der Waals surface area contributed by atoms with Crippen LogP contribution >= 0.6 is 15.9 Å². The number of hydrogen-bond donors (Lipinski definition) is 2. The molecule has 7 heteroatoms. The number of anilines is 1. The van der Waals surface area contributed by atoms with Crippen molar-refractivity contribution in [1.82, 2.24) is 0 Å². The Morgan fingerprint density at radius 3 is 2.32 bits per heavy atom. The van der Waals surface area contributed by atoms with Gasteiger partial charge in [-0.2, -0.15) is 0 Å². The average Bonchev–Trinajstić information content (AvgIpc) is 2.56. The third-order valence-corrected chi connectivity index (χ3v) is 3.64. The number of rotatable bonds is 9. The van der Waals surface area contributed by atoms with E-state index < -0.39 is 5.91 Å². The van der Waals surface area contributed by atoms with E-state index in [1.54, 1.807) is 24.3 Å². The van der Waals surface area contributed by atoms with E-state index in [0.29, 0.717) is 17.2 Å². The highest BCUT2D eigenvalue weighted by Gasteiger charge is 2.04. The molecule has 0 bridgehead atoms. The fourth-order valence-corrected chi connectivity index (χ4v) is 2.32. The second-order valence-electron chi connectivity index (χ2n) is 5.19. The quantitative estimate of drug-likeness (QED) is 0.669. The van der Waals surface area contributed by atoms with Crippen LogP contribution in [-0.2, 0) is 9.59 Å². The number of nitrogens with two attached hydrogens (primary N) is 1. The minimum Gasteiger partial charge on any atom is -0.493 e. The molecule has 132 valence electrons. The van der Waals surface area contributed by atoms with Crippen LogP contribution in [0.15, 0.2) is 53.0 Å². The summed E-state index contributed by atoms with van der Waals surface area (Å²) >= 11 is 3.36. The zero-order valence-corrected chi connectivity index (χ0v) is 15.1. The third-order valence-electron chi connectivity index (χ3n) is 3.15. The number of hydrogen-bond acceptors (Lipinski definition) is 4. The van der Waals surface area contributed by atoms with Gasteiger partial charge in [-0.3, -0.25) is 9.59 Å². The van der Waals surface area contributed by atoms with E-state index in [-0.39, 0.29) is 32.0 Å². The van der Waals surface area contributed by atoms with Crippen molar-refractivity contribution in [2.45, 2.75) is 12.8 Å². The summed E-state index contributed by atoms with van der Waals surface area (Å²) in [5.41, 5.74) is 5.70. The van der Waals surface area contributed by atoms with Crippen molar-refractivity contribution in [3.8, 4) is 11.5 Å². The molecular formula is C18H19BrN2O4. The predicted octanol–water partition coefficient (Wildman–Crippen LogP) is 3.11. The molecular weight excluding hydrogens is 388 g/mol. The Kier molecular flexibility index (Phi) is 7.28. The van der Waals surface area contributed by atoms with Crippen molar-refractivity contribution in [3.63, 3.8) is 0 Å². The summed E-state index contributed by atoms with van der Waals surface area (Å²) in [4.78, 5) is 22.6. The molecule has 2 aromatic carbocycles. The van der Waals surface area contributed by atoms with E-state index in [9.17, 15) is 9.59 Å². The lowest BCUT2D eigenvalue weighted by Gasteiger charge is -2.09. The smallest absolute Gasteiger partial charge is 0.227 e. The number of amides is 2. The monoisotopic (exact) mass is 406 g/mol. The average molecular weight is 407 g/mol. The second-order valence-corrected chi connectivity index (χ2v) is 6.11. The highest BCUT2D eigenvalue weighted by molar-refractivity contribution is 9.10. The van der Waals surface area contributed by atoms with Gasteiger partial charge in [-0.1, -0.05) is 22.0 Å². The van der Waals surface area contributed by atoms with Gasteiger partial charge in [0.05, 0.1) is 26.1 Å². The Balaban J connectivity index is 1.72. The molecule has 2 amide bonds. The lowest BCUT2D eigenvalue weighted by molar-refractivity contribution is -0.118. The van der Waals surface area contributed by atoms with Gasteiger partial charge in [0, 0.05) is 10.2 Å². The van der Waals surface area contributed by atoms with Crippen LogP contribution in [0.4, 0.5) is 5.69 Å². The predicted molar refractivity (Wildman–Crippen MR) is 98.6 cm³/mol. The molecule has 0 atom stereocenters. The first-order chi connectivity index (χ1) is 12.0. The Labute approximate surface area is 154 Å². The Hall–Kier alpha value is -2.54. The molecule has 0 saturated carbocycles. The van der Waals surface area contributed by atoms with Crippen LogP contribution in [0.25, 0.3) is 0 Å². The zero-order valence-electron chi connectivity index (χ0n) is 13.5. The second kappa shape index (κ2) is 9.68. The summed E-state index contributed by atoms with van der Waals surface area (Å²) < 4.78 is 11.8. The van der Waals surface area contributed by atoms with Crippen molar-refractivity contribution < 1.29 is 19.1 Å². The van der Waals surface area contributed by atoms with Crippen LogP contribution in [0.1, 0.15) is 12.8 Å². The van der Waals surface area contributed by atoms with E-state index >= 15 is 0 Å². The lowest BCUT2D eigenvalue weighted by atomic mass is 10.3. The van der Waals surface area contributed by atoms with E-state index in [1.165, 1.54) is 0 Å². The van der Waals surface area contributed by atoms with Crippen LogP contribution in [0, 0.1) is 0 Å². The van der Waals surface area contributed by atoms with Gasteiger partial charge in [0.25, 0.3) is 0 Å². The minimum absolute atomic E-state index is 0.141. The number of carbonyl (C=O) groups excluding carboxylic acids is 2. The highest BCUT2D eigenvalue weighted by Crippen LogP contribution is 2.18. The normalized spacial score (nSPS) is 10.1. The maximum absolute atomic E-state index is 11.9. The molecule has 0 aliphatic carbocycles. The number of carbonyl (C=O) groups is 2. The Morgan fingerprint density at radius 1 is 0.960 bits per heavy atom. The number of primary amides is 1. The van der Waals surface area contributed by atoms with Crippen molar-refractivity contribution in [2.24, 2.45) is 5.73 Å². The Morgan fingerprint density at radius 2 is 1.64 bits per heavy atom. The molecule has 3 N–H and O–H groups in total. The summed E-state index contributed by atoms with van der Waals surface area (Å²) in [6, 6.07) is 14.3. The van der Waals surface area contributed by atoms with Gasteiger partial charge in [-0.15, -0.1) is 0 Å². The summed E-state index contributed by atoms with van der Waals surface area (Å²) in [6.45, 7) is 0.518. The first kappa shape index (κ1) is 18.8. The number of nitrogens with one attached hydrogen (secondary N) is 1. The van der Waals surface area contributed by atoms with Gasteiger partial charge in [0.15, 0.2) is 0 Å². The van der Waals surface area contributed by atoms with E-state index in [0.717, 1.165) is 4.47 Å². The third kappa shape index (κ3) is 7.26. The van der Waals surface area contributed by atoms with Gasteiger partial charge in [0.1, 0.15) is 11.5 Å². The van der Waals surface area contributed by atoms with Crippen LogP contribution in [0.5, 0.6) is 11.5 Å². The van der Waals surface area contributed by atoms with Crippen molar-refractivity contribution in [2.75, 3.05) is 18.5 Å². The first-order valence-electron chi connectivity index (χ1n) is 7.72. The standard InChI is InChI=1S/C18H19BrN2O4/c19-13-2-1-3-16(12-13)25-11-9-18(23)21-14-4-6-15(7-5-14)24-10-8-17(20)22/h1-7,12H,8-11H2,(H2,20,22)(H,21,23). The fraction of sp³-hybridized carbons (Fsp3) is 0.222. The molecule has 0 aliphatic heterocycles. The summed E-state index contributed by atoms with van der Waals surface area (Å²) in [5.74, 6) is 0.767. The molecule has 2 aromatic rings. The molecule has 0 heterocycles. The Bertz CT molecular complexity index is 719. The lowest BCUT2D eigenvalue weighted by Crippen LogP contribution is -2.15. The van der Waals surface area contributed by atoms with E-state index in [1.807, 2.05) is 24.3 Å². The number of halogens is 1. The summed E-state index contributed by atoms with van der Waals surface area (Å²) in [7, 11) is 0. The van der Waals surface area contributed by atoms with Crippen molar-refractivity contribution in [3.05, 3.63) is 53.0 Å². The number of benzene rings is 2. The summed E-state index contributed by atoms with van der Waals surface area (Å²) in [5, 5.41) is 2.78. The molecule has 6 nitrogen and oxygen atoms in total. The summed E-state index contributed by atoms with van der Waals surface area (Å²) in [6.07, 6.45) is 0.403. The molecule has 2 rings (SSSR count). The van der Waals surface area contributed by atoms with Gasteiger partial charge < -0.3 is 20.5 Å². The zero-order chi connectivity index (χ0) is 18.1. The van der Waals surface area contributed by atoms with E-state index in [4.69, 9.17) is 15.2 Å². The van der Waals surface area contributed by atoms with Gasteiger partial charge >= 0.3 is 0 Å². The van der Waals surface area contributed by atoms with Crippen LogP contribution < -0.4 is 20.5 Å². The van der Waals surface area contributed by atoms with Crippen LogP contribution in [0.2, 0.25) is 0 Å². The molecule has 0 aliphatic rings. The molecule has 0 fully saturated rings. The largest absolute Gasteiger partial charge is 0.493 e. The van der Waals surface area contributed by atoms with Gasteiger partial charge in [-0.05, 0) is 42.5 Å². The van der Waals surface area contributed by atoms with Crippen molar-refractivity contribution >= 4 is 33.4 Å². The molecule has 0 spiro atoms. The fourth-order valence-electron chi connectivity index (χ4n) is 1.95. The van der Waals surface area contributed by atoms with Gasteiger partial charge in [0.2, 0.25) is 11.8 Å². The van der Waals surface area contributed by atoms with Crippen LogP contribution in [-0.4, -0.2) is 25.0 Å². The molecule has 0 radical (unpaired) electrons. The minimum atomic E-state index is -0.408. The molecule has 0 unspecified atom stereocenters. The molecule has 0 aromatic heterocycles. The molecule has 25 heavy (non-hydrogen) atoms. The number of ether oxygens (including phenoxy) is 2. The maximum atomic E-state index is 11.9. The first-order valence-corrected chi connectivity index (χ1v) is 8.51. The van der Waals surface area contributed by atoms with Gasteiger partial charge in [-0.25, -0.2) is 0 Å². The molecule has 0 saturated heterocycles. The maximum Gasteiger partial charge on any atom is 0.227 e.